The first kappa shape index (κ1) is 25.2. The number of benzene rings is 1. The Morgan fingerprint density at radius 1 is 1.06 bits per heavy atom. The molecule has 0 bridgehead atoms. The van der Waals surface area contributed by atoms with Gasteiger partial charge in [0.1, 0.15) is 18.1 Å². The molecule has 12 heteroatoms. The van der Waals surface area contributed by atoms with E-state index in [0.29, 0.717) is 0 Å². The molecule has 3 amide bonds. The van der Waals surface area contributed by atoms with E-state index in [1.54, 1.807) is 6.20 Å². The number of aromatic amines is 1. The number of H-pyrrole nitrogens is 1. The van der Waals surface area contributed by atoms with Crippen molar-refractivity contribution in [1.29, 1.82) is 0 Å². The molecule has 0 aliphatic carbocycles. The van der Waals surface area contributed by atoms with Crippen molar-refractivity contribution < 1.29 is 29.4 Å². The Labute approximate surface area is 189 Å². The second kappa shape index (κ2) is 11.5. The van der Waals surface area contributed by atoms with Crippen LogP contribution in [0.2, 0.25) is 0 Å². The molecule has 0 aliphatic heterocycles. The van der Waals surface area contributed by atoms with Gasteiger partial charge in [-0.25, -0.2) is 4.79 Å². The number of nitrogens with two attached hydrogens (primary N) is 1. The van der Waals surface area contributed by atoms with Crippen LogP contribution in [0.25, 0.3) is 10.9 Å². The third-order valence-corrected chi connectivity index (χ3v) is 5.18. The zero-order valence-corrected chi connectivity index (χ0v) is 18.3. The number of hydrogen-bond acceptors (Lipinski definition) is 7. The highest BCUT2D eigenvalue weighted by molar-refractivity contribution is 7.80. The van der Waals surface area contributed by atoms with Crippen molar-refractivity contribution in [1.82, 2.24) is 20.9 Å². The van der Waals surface area contributed by atoms with Crippen LogP contribution < -0.4 is 21.7 Å². The number of thiol groups is 1. The van der Waals surface area contributed by atoms with Crippen LogP contribution in [0.5, 0.6) is 0 Å². The van der Waals surface area contributed by atoms with E-state index in [-0.39, 0.29) is 12.2 Å². The molecule has 2 aromatic rings. The Hall–Kier alpha value is -3.09. The average Bonchev–Trinajstić information content (AvgIpc) is 3.17. The molecule has 0 spiro atoms. The zero-order chi connectivity index (χ0) is 23.8. The molecule has 4 atom stereocenters. The van der Waals surface area contributed by atoms with Gasteiger partial charge in [0.25, 0.3) is 0 Å². The van der Waals surface area contributed by atoms with Crippen LogP contribution in [0.4, 0.5) is 0 Å². The van der Waals surface area contributed by atoms with Crippen LogP contribution in [-0.2, 0) is 25.6 Å². The van der Waals surface area contributed by atoms with Gasteiger partial charge in [0.15, 0.2) is 0 Å². The number of carboxylic acids is 1. The second-order valence-electron chi connectivity index (χ2n) is 7.23. The third kappa shape index (κ3) is 6.45. The van der Waals surface area contributed by atoms with E-state index in [9.17, 15) is 24.3 Å². The summed E-state index contributed by atoms with van der Waals surface area (Å²) in [5, 5.41) is 26.3. The first-order chi connectivity index (χ1) is 15.2. The van der Waals surface area contributed by atoms with E-state index in [4.69, 9.17) is 10.8 Å². The third-order valence-electron chi connectivity index (χ3n) is 4.82. The molecule has 1 aromatic heterocycles. The summed E-state index contributed by atoms with van der Waals surface area (Å²) >= 11 is 3.85. The number of aliphatic carboxylic acids is 1. The van der Waals surface area contributed by atoms with Crippen molar-refractivity contribution in [2.24, 2.45) is 5.73 Å². The van der Waals surface area contributed by atoms with E-state index in [0.717, 1.165) is 16.5 Å². The maximum Gasteiger partial charge on any atom is 0.327 e. The second-order valence-corrected chi connectivity index (χ2v) is 7.59. The number of aromatic nitrogens is 1. The number of carbonyl (C=O) groups excluding carboxylic acids is 3. The molecule has 174 valence electrons. The van der Waals surface area contributed by atoms with Crippen molar-refractivity contribution in [2.75, 3.05) is 12.4 Å². The fourth-order valence-corrected chi connectivity index (χ4v) is 3.21. The van der Waals surface area contributed by atoms with E-state index >= 15 is 0 Å². The minimum Gasteiger partial charge on any atom is -0.480 e. The number of rotatable bonds is 11. The largest absolute Gasteiger partial charge is 0.480 e. The molecule has 0 fully saturated rings. The van der Waals surface area contributed by atoms with Crippen molar-refractivity contribution >= 4 is 47.2 Å². The highest BCUT2D eigenvalue weighted by Crippen LogP contribution is 2.18. The summed E-state index contributed by atoms with van der Waals surface area (Å²) in [6, 6.07) is 2.87. The molecule has 8 N–H and O–H groups in total. The Morgan fingerprint density at radius 2 is 1.72 bits per heavy atom. The lowest BCUT2D eigenvalue weighted by Gasteiger charge is -2.22. The summed E-state index contributed by atoms with van der Waals surface area (Å²) in [5.41, 5.74) is 7.71. The van der Waals surface area contributed by atoms with Crippen LogP contribution in [0.1, 0.15) is 12.5 Å². The molecule has 11 nitrogen and oxygen atoms in total. The maximum absolute atomic E-state index is 12.5. The summed E-state index contributed by atoms with van der Waals surface area (Å²) in [5.74, 6) is -3.62. The molecule has 0 saturated carbocycles. The van der Waals surface area contributed by atoms with Crippen molar-refractivity contribution in [3.05, 3.63) is 36.0 Å². The quantitative estimate of drug-likeness (QED) is 0.186. The molecule has 0 saturated heterocycles. The Bertz CT molecular complexity index is 980. The normalized spacial score (nSPS) is 14.8. The Kier molecular flexibility index (Phi) is 9.05. The van der Waals surface area contributed by atoms with E-state index in [1.807, 2.05) is 24.3 Å². The number of carbonyl (C=O) groups is 4. The van der Waals surface area contributed by atoms with Gasteiger partial charge in [0.05, 0.1) is 12.6 Å². The summed E-state index contributed by atoms with van der Waals surface area (Å²) in [6.45, 7) is 0.615. The summed E-state index contributed by atoms with van der Waals surface area (Å²) < 4.78 is 0. The smallest absolute Gasteiger partial charge is 0.327 e. The van der Waals surface area contributed by atoms with Crippen molar-refractivity contribution in [3.8, 4) is 0 Å². The average molecular weight is 466 g/mol. The molecule has 32 heavy (non-hydrogen) atoms. The van der Waals surface area contributed by atoms with Gasteiger partial charge in [0, 0.05) is 22.9 Å². The summed E-state index contributed by atoms with van der Waals surface area (Å²) in [4.78, 5) is 51.0. The van der Waals surface area contributed by atoms with Crippen LogP contribution >= 0.6 is 12.6 Å². The monoisotopic (exact) mass is 465 g/mol. The molecule has 0 radical (unpaired) electrons. The van der Waals surface area contributed by atoms with E-state index < -0.39 is 54.5 Å². The van der Waals surface area contributed by atoms with E-state index in [1.165, 1.54) is 6.92 Å². The van der Waals surface area contributed by atoms with Crippen molar-refractivity contribution in [2.45, 2.75) is 37.5 Å². The number of nitrogens with one attached hydrogen (secondary N) is 4. The lowest BCUT2D eigenvalue weighted by molar-refractivity contribution is -0.141. The van der Waals surface area contributed by atoms with Crippen LogP contribution in [0.15, 0.2) is 30.5 Å². The fourth-order valence-electron chi connectivity index (χ4n) is 2.96. The number of aliphatic hydroxyl groups excluding tert-OH is 1. The van der Waals surface area contributed by atoms with Gasteiger partial charge in [-0.15, -0.1) is 0 Å². The SMILES string of the molecule is CC(NC(=O)C(CO)NC(=O)C(N)Cc1c[nH]c2ccccc12)C(=O)NC(CS)C(=O)O. The minimum atomic E-state index is -1.34. The van der Waals surface area contributed by atoms with Gasteiger partial charge in [-0.2, -0.15) is 12.6 Å². The number of para-hydroxylation sites is 1. The topological polar surface area (TPSA) is 187 Å². The highest BCUT2D eigenvalue weighted by Gasteiger charge is 2.27. The van der Waals surface area contributed by atoms with Crippen LogP contribution in [0.3, 0.4) is 0 Å². The number of fused-ring (bicyclic) bond motifs is 1. The predicted octanol–water partition coefficient (Wildman–Crippen LogP) is -1.48. The van der Waals surface area contributed by atoms with Gasteiger partial charge in [-0.1, -0.05) is 18.2 Å². The first-order valence-corrected chi connectivity index (χ1v) is 10.5. The molecule has 2 rings (SSSR count). The van der Waals surface area contributed by atoms with Crippen LogP contribution in [0, 0.1) is 0 Å². The fraction of sp³-hybridized carbons (Fsp3) is 0.400. The van der Waals surface area contributed by atoms with Gasteiger partial charge >= 0.3 is 5.97 Å². The van der Waals surface area contributed by atoms with Crippen LogP contribution in [-0.4, -0.2) is 75.4 Å². The summed E-state index contributed by atoms with van der Waals surface area (Å²) in [6.07, 6.45) is 1.96. The first-order valence-electron chi connectivity index (χ1n) is 9.84. The lowest BCUT2D eigenvalue weighted by atomic mass is 10.0. The number of aliphatic hydroxyl groups is 1. The highest BCUT2D eigenvalue weighted by atomic mass is 32.1. The maximum atomic E-state index is 12.5. The molecule has 0 aliphatic rings. The van der Waals surface area contributed by atoms with Crippen molar-refractivity contribution in [3.63, 3.8) is 0 Å². The predicted molar refractivity (Wildman–Crippen MR) is 120 cm³/mol. The number of carboxylic acid groups (broad SMARTS) is 1. The number of amides is 3. The standard InChI is InChI=1S/C20H27N5O6S/c1-10(17(27)25-16(9-32)20(30)31)23-19(29)15(8-26)24-18(28)13(21)6-11-7-22-14-5-3-2-4-12(11)14/h2-5,7,10,13,15-16,22,26,32H,6,8-9,21H2,1H3,(H,23,29)(H,24,28)(H,25,27)(H,30,31). The molecule has 1 heterocycles. The zero-order valence-electron chi connectivity index (χ0n) is 17.4. The lowest BCUT2D eigenvalue weighted by Crippen LogP contribution is -2.57. The van der Waals surface area contributed by atoms with E-state index in [2.05, 4.69) is 33.6 Å². The minimum absolute atomic E-state index is 0.134. The van der Waals surface area contributed by atoms with Gasteiger partial charge < -0.3 is 36.9 Å². The Balaban J connectivity index is 1.93. The molecular formula is C20H27N5O6S. The molecule has 1 aromatic carbocycles. The molecule has 4 unspecified atom stereocenters. The summed E-state index contributed by atoms with van der Waals surface area (Å²) in [7, 11) is 0. The Morgan fingerprint density at radius 3 is 2.34 bits per heavy atom. The van der Waals surface area contributed by atoms with Gasteiger partial charge in [0.2, 0.25) is 17.7 Å². The number of hydrogen-bond donors (Lipinski definition) is 8. The molecular weight excluding hydrogens is 438 g/mol. The van der Waals surface area contributed by atoms with Gasteiger partial charge in [-0.05, 0) is 25.0 Å². The van der Waals surface area contributed by atoms with Gasteiger partial charge in [-0.3, -0.25) is 14.4 Å².